The molecule has 10 nitrogen and oxygen atoms in total. The van der Waals surface area contributed by atoms with Crippen molar-refractivity contribution in [3.63, 3.8) is 0 Å². The van der Waals surface area contributed by atoms with E-state index in [0.717, 1.165) is 0 Å². The van der Waals surface area contributed by atoms with Crippen LogP contribution in [0.1, 0.15) is 22.8 Å². The van der Waals surface area contributed by atoms with Crippen molar-refractivity contribution in [3.05, 3.63) is 51.1 Å². The van der Waals surface area contributed by atoms with Crippen molar-refractivity contribution in [3.8, 4) is 17.2 Å². The smallest absolute Gasteiger partial charge is 0.344 e. The third kappa shape index (κ3) is 7.93. The predicted octanol–water partition coefficient (Wildman–Crippen LogP) is 2.13. The molecule has 2 amide bonds. The molecule has 176 valence electrons. The quantitative estimate of drug-likeness (QED) is 0.184. The summed E-state index contributed by atoms with van der Waals surface area (Å²) in [7, 11) is 2.93. The number of halogens is 1. The first-order chi connectivity index (χ1) is 15.9. The van der Waals surface area contributed by atoms with Gasteiger partial charge < -0.3 is 24.3 Å². The number of amides is 2. The van der Waals surface area contributed by atoms with E-state index in [4.69, 9.17) is 18.9 Å². The molecule has 0 saturated carbocycles. The number of carbonyl (C=O) groups is 3. The van der Waals surface area contributed by atoms with E-state index in [1.165, 1.54) is 20.4 Å². The van der Waals surface area contributed by atoms with Crippen molar-refractivity contribution in [1.82, 2.24) is 10.7 Å². The maximum absolute atomic E-state index is 12.2. The Hall–Kier alpha value is -3.35. The van der Waals surface area contributed by atoms with Gasteiger partial charge in [-0.2, -0.15) is 5.10 Å². The van der Waals surface area contributed by atoms with Gasteiger partial charge in [0.25, 0.3) is 11.8 Å². The Morgan fingerprint density at radius 2 is 1.82 bits per heavy atom. The van der Waals surface area contributed by atoms with Gasteiger partial charge in [0.2, 0.25) is 0 Å². The summed E-state index contributed by atoms with van der Waals surface area (Å²) in [6.07, 6.45) is 1.42. The summed E-state index contributed by atoms with van der Waals surface area (Å²) in [4.78, 5) is 35.8. The van der Waals surface area contributed by atoms with Crippen molar-refractivity contribution in [2.24, 2.45) is 5.10 Å². The van der Waals surface area contributed by atoms with E-state index in [1.54, 1.807) is 43.3 Å². The van der Waals surface area contributed by atoms with E-state index in [-0.39, 0.29) is 19.8 Å². The van der Waals surface area contributed by atoms with Gasteiger partial charge in [-0.3, -0.25) is 9.59 Å². The molecular weight excluding hydrogens is 545 g/mol. The SMILES string of the molecule is CCOC(=O)COc1c(I)cc(C=NNC(=O)CNC(=O)c2ccccc2OC)cc1OC. The average molecular weight is 569 g/mol. The van der Waals surface area contributed by atoms with Gasteiger partial charge >= 0.3 is 5.97 Å². The highest BCUT2D eigenvalue weighted by atomic mass is 127. The number of hydrogen-bond acceptors (Lipinski definition) is 8. The fraction of sp³-hybridized carbons (Fsp3) is 0.273. The summed E-state index contributed by atoms with van der Waals surface area (Å²) in [6, 6.07) is 10.1. The molecule has 0 aliphatic heterocycles. The van der Waals surface area contributed by atoms with E-state index in [2.05, 4.69) is 15.8 Å². The van der Waals surface area contributed by atoms with E-state index in [1.807, 2.05) is 22.6 Å². The molecule has 0 aliphatic carbocycles. The summed E-state index contributed by atoms with van der Waals surface area (Å²) in [5.74, 6) is -0.238. The molecule has 0 saturated heterocycles. The Balaban J connectivity index is 1.93. The van der Waals surface area contributed by atoms with E-state index in [0.29, 0.717) is 31.9 Å². The van der Waals surface area contributed by atoms with Crippen LogP contribution in [-0.2, 0) is 14.3 Å². The topological polar surface area (TPSA) is 125 Å². The Labute approximate surface area is 204 Å². The number of hydrogen-bond donors (Lipinski definition) is 2. The van der Waals surface area contributed by atoms with Crippen LogP contribution in [0.3, 0.4) is 0 Å². The van der Waals surface area contributed by atoms with Crippen LogP contribution in [0.2, 0.25) is 0 Å². The molecule has 0 fully saturated rings. The van der Waals surface area contributed by atoms with Crippen LogP contribution in [0.4, 0.5) is 0 Å². The summed E-state index contributed by atoms with van der Waals surface area (Å²) >= 11 is 2.04. The molecule has 0 atom stereocenters. The molecule has 2 N–H and O–H groups in total. The molecule has 2 rings (SSSR count). The van der Waals surface area contributed by atoms with Crippen LogP contribution in [0.25, 0.3) is 0 Å². The fourth-order valence-electron chi connectivity index (χ4n) is 2.59. The number of methoxy groups -OCH3 is 2. The molecule has 0 unspecified atom stereocenters. The molecule has 0 aromatic heterocycles. The lowest BCUT2D eigenvalue weighted by molar-refractivity contribution is -0.145. The molecule has 11 heteroatoms. The number of nitrogens with zero attached hydrogens (tertiary/aromatic N) is 1. The minimum Gasteiger partial charge on any atom is -0.496 e. The number of carbonyl (C=O) groups excluding carboxylic acids is 3. The van der Waals surface area contributed by atoms with Gasteiger partial charge in [-0.05, 0) is 59.3 Å². The second-order valence-corrected chi connectivity index (χ2v) is 7.47. The van der Waals surface area contributed by atoms with E-state index < -0.39 is 17.8 Å². The average Bonchev–Trinajstić information content (AvgIpc) is 2.81. The maximum atomic E-state index is 12.2. The van der Waals surface area contributed by atoms with Crippen molar-refractivity contribution in [2.45, 2.75) is 6.92 Å². The zero-order valence-corrected chi connectivity index (χ0v) is 20.5. The molecule has 0 spiro atoms. The van der Waals surface area contributed by atoms with Gasteiger partial charge in [-0.15, -0.1) is 0 Å². The van der Waals surface area contributed by atoms with Crippen molar-refractivity contribution < 1.29 is 33.3 Å². The second kappa shape index (κ2) is 13.3. The lowest BCUT2D eigenvalue weighted by atomic mass is 10.2. The minimum absolute atomic E-state index is 0.246. The number of rotatable bonds is 11. The highest BCUT2D eigenvalue weighted by molar-refractivity contribution is 14.1. The van der Waals surface area contributed by atoms with Crippen molar-refractivity contribution in [1.29, 1.82) is 0 Å². The first-order valence-corrected chi connectivity index (χ1v) is 10.9. The van der Waals surface area contributed by atoms with Gasteiger partial charge in [0.05, 0.1) is 42.7 Å². The molecule has 0 aliphatic rings. The van der Waals surface area contributed by atoms with E-state index in [9.17, 15) is 14.4 Å². The minimum atomic E-state index is -0.509. The molecule has 2 aromatic rings. The molecule has 33 heavy (non-hydrogen) atoms. The van der Waals surface area contributed by atoms with Gasteiger partial charge in [-0.25, -0.2) is 10.2 Å². The zero-order chi connectivity index (χ0) is 24.2. The van der Waals surface area contributed by atoms with Crippen molar-refractivity contribution in [2.75, 3.05) is 34.0 Å². The number of esters is 1. The third-order valence-corrected chi connectivity index (χ3v) is 4.86. The van der Waals surface area contributed by atoms with Crippen LogP contribution in [0, 0.1) is 3.57 Å². The highest BCUT2D eigenvalue weighted by Crippen LogP contribution is 2.33. The van der Waals surface area contributed by atoms with Gasteiger partial charge in [-0.1, -0.05) is 12.1 Å². The summed E-state index contributed by atoms with van der Waals surface area (Å²) in [5.41, 5.74) is 3.29. The van der Waals surface area contributed by atoms with E-state index >= 15 is 0 Å². The van der Waals surface area contributed by atoms with Crippen LogP contribution in [0.15, 0.2) is 41.5 Å². The highest BCUT2D eigenvalue weighted by Gasteiger charge is 2.14. The monoisotopic (exact) mass is 569 g/mol. The largest absolute Gasteiger partial charge is 0.496 e. The maximum Gasteiger partial charge on any atom is 0.344 e. The van der Waals surface area contributed by atoms with Crippen LogP contribution >= 0.6 is 22.6 Å². The first-order valence-electron chi connectivity index (χ1n) is 9.78. The number of nitrogens with one attached hydrogen (secondary N) is 2. The molecule has 0 radical (unpaired) electrons. The number of benzene rings is 2. The Morgan fingerprint density at radius 3 is 2.52 bits per heavy atom. The van der Waals surface area contributed by atoms with Crippen molar-refractivity contribution >= 4 is 46.6 Å². The molecule has 0 heterocycles. The molecule has 2 aromatic carbocycles. The molecular formula is C22H24IN3O7. The predicted molar refractivity (Wildman–Crippen MR) is 129 cm³/mol. The first kappa shape index (κ1) is 25.9. The Kier molecular flexibility index (Phi) is 10.4. The summed E-state index contributed by atoms with van der Waals surface area (Å²) in [6.45, 7) is 1.46. The van der Waals surface area contributed by atoms with Crippen LogP contribution in [0.5, 0.6) is 17.2 Å². The second-order valence-electron chi connectivity index (χ2n) is 6.30. The lowest BCUT2D eigenvalue weighted by Gasteiger charge is -2.13. The number of ether oxygens (including phenoxy) is 4. The van der Waals surface area contributed by atoms with Gasteiger partial charge in [0, 0.05) is 0 Å². The fourth-order valence-corrected chi connectivity index (χ4v) is 3.38. The number of hydrazone groups is 1. The number of para-hydroxylation sites is 1. The Morgan fingerprint density at radius 1 is 1.09 bits per heavy atom. The standard InChI is InChI=1S/C22H24IN3O7/c1-4-32-20(28)13-33-21-16(23)9-14(10-18(21)31-3)11-25-26-19(27)12-24-22(29)15-7-5-6-8-17(15)30-2/h5-11H,4,12-13H2,1-3H3,(H,24,29)(H,26,27). The van der Waals surface area contributed by atoms with Crippen LogP contribution in [-0.4, -0.2) is 58.0 Å². The Bertz CT molecular complexity index is 1030. The summed E-state index contributed by atoms with van der Waals surface area (Å²) in [5, 5.41) is 6.41. The summed E-state index contributed by atoms with van der Waals surface area (Å²) < 4.78 is 21.5. The van der Waals surface area contributed by atoms with Gasteiger partial charge in [0.1, 0.15) is 5.75 Å². The third-order valence-electron chi connectivity index (χ3n) is 4.06. The zero-order valence-electron chi connectivity index (χ0n) is 18.3. The molecule has 0 bridgehead atoms. The normalized spacial score (nSPS) is 10.4. The van der Waals surface area contributed by atoms with Crippen LogP contribution < -0.4 is 25.0 Å². The lowest BCUT2D eigenvalue weighted by Crippen LogP contribution is -2.35. The van der Waals surface area contributed by atoms with Gasteiger partial charge in [0.15, 0.2) is 18.1 Å².